The van der Waals surface area contributed by atoms with Crippen molar-refractivity contribution in [1.82, 2.24) is 9.80 Å². The fourth-order valence-corrected chi connectivity index (χ4v) is 2.12. The maximum atomic E-state index is 12.0. The Morgan fingerprint density at radius 1 is 1.47 bits per heavy atom. The lowest BCUT2D eigenvalue weighted by molar-refractivity contribution is -0.131. The molecule has 4 nitrogen and oxygen atoms in total. The molecule has 98 valence electrons. The Labute approximate surface area is 109 Å². The van der Waals surface area contributed by atoms with Crippen LogP contribution < -0.4 is 5.73 Å². The molecule has 1 fully saturated rings. The van der Waals surface area contributed by atoms with Gasteiger partial charge in [-0.3, -0.25) is 9.69 Å². The molecule has 5 heteroatoms. The third-order valence-electron chi connectivity index (χ3n) is 3.28. The number of hydrogen-bond acceptors (Lipinski definition) is 3. The van der Waals surface area contributed by atoms with E-state index in [4.69, 9.17) is 18.0 Å². The number of nitrogens with zero attached hydrogens (tertiary/aromatic N) is 2. The molecule has 0 aliphatic carbocycles. The van der Waals surface area contributed by atoms with Crippen LogP contribution in [-0.4, -0.2) is 53.4 Å². The molecule has 0 saturated carbocycles. The summed E-state index contributed by atoms with van der Waals surface area (Å²) < 4.78 is 0. The van der Waals surface area contributed by atoms with Gasteiger partial charge in [-0.2, -0.15) is 0 Å². The molecule has 0 aromatic rings. The first kappa shape index (κ1) is 14.4. The minimum atomic E-state index is 0.163. The molecule has 1 aliphatic heterocycles. The summed E-state index contributed by atoms with van der Waals surface area (Å²) in [7, 11) is 0. The van der Waals surface area contributed by atoms with Gasteiger partial charge in [-0.15, -0.1) is 0 Å². The van der Waals surface area contributed by atoms with Gasteiger partial charge in [0.25, 0.3) is 0 Å². The SMILES string of the molecule is CCN(CC(=O)N1CCCC1)CC(C)C(N)=S. The summed E-state index contributed by atoms with van der Waals surface area (Å²) in [6.45, 7) is 8.01. The lowest BCUT2D eigenvalue weighted by atomic mass is 10.1. The summed E-state index contributed by atoms with van der Waals surface area (Å²) in [5.74, 6) is 0.399. The predicted octanol–water partition coefficient (Wildman–Crippen LogP) is 0.853. The van der Waals surface area contributed by atoms with E-state index in [0.717, 1.165) is 39.0 Å². The molecular formula is C12H23N3OS. The molecule has 1 atom stereocenters. The summed E-state index contributed by atoms with van der Waals surface area (Å²) >= 11 is 4.96. The Hall–Kier alpha value is -0.680. The average molecular weight is 257 g/mol. The van der Waals surface area contributed by atoms with Gasteiger partial charge in [0.05, 0.1) is 11.5 Å². The Bertz CT molecular complexity index is 277. The molecule has 1 rings (SSSR count). The van der Waals surface area contributed by atoms with E-state index in [0.29, 0.717) is 11.5 Å². The summed E-state index contributed by atoms with van der Waals surface area (Å²) in [5.41, 5.74) is 5.60. The van der Waals surface area contributed by atoms with Gasteiger partial charge in [0.15, 0.2) is 0 Å². The number of hydrogen-bond donors (Lipinski definition) is 1. The molecule has 1 amide bonds. The third-order valence-corrected chi connectivity index (χ3v) is 3.68. The second kappa shape index (κ2) is 6.91. The summed E-state index contributed by atoms with van der Waals surface area (Å²) in [4.78, 5) is 16.6. The maximum absolute atomic E-state index is 12.0. The summed E-state index contributed by atoms with van der Waals surface area (Å²) in [6, 6.07) is 0. The van der Waals surface area contributed by atoms with Gasteiger partial charge in [-0.1, -0.05) is 26.1 Å². The first-order chi connectivity index (χ1) is 8.04. The summed E-state index contributed by atoms with van der Waals surface area (Å²) in [5, 5.41) is 0. The van der Waals surface area contributed by atoms with Crippen molar-refractivity contribution >= 4 is 23.1 Å². The molecule has 17 heavy (non-hydrogen) atoms. The van der Waals surface area contributed by atoms with Gasteiger partial charge in [0, 0.05) is 25.6 Å². The topological polar surface area (TPSA) is 49.6 Å². The van der Waals surface area contributed by atoms with Crippen molar-refractivity contribution < 1.29 is 4.79 Å². The predicted molar refractivity (Wildman–Crippen MR) is 73.9 cm³/mol. The zero-order chi connectivity index (χ0) is 12.8. The van der Waals surface area contributed by atoms with Crippen molar-refractivity contribution in [2.45, 2.75) is 26.7 Å². The van der Waals surface area contributed by atoms with Gasteiger partial charge in [0.1, 0.15) is 0 Å². The normalized spacial score (nSPS) is 17.5. The molecule has 1 saturated heterocycles. The molecule has 2 N–H and O–H groups in total. The highest BCUT2D eigenvalue weighted by atomic mass is 32.1. The Balaban J connectivity index is 2.40. The van der Waals surface area contributed by atoms with Crippen molar-refractivity contribution in [2.24, 2.45) is 11.7 Å². The number of carbonyl (C=O) groups is 1. The van der Waals surface area contributed by atoms with Crippen LogP contribution in [0.5, 0.6) is 0 Å². The van der Waals surface area contributed by atoms with E-state index in [-0.39, 0.29) is 11.8 Å². The van der Waals surface area contributed by atoms with Crippen LogP contribution >= 0.6 is 12.2 Å². The van der Waals surface area contributed by atoms with E-state index in [2.05, 4.69) is 11.8 Å². The van der Waals surface area contributed by atoms with Crippen LogP contribution in [0.15, 0.2) is 0 Å². The highest BCUT2D eigenvalue weighted by molar-refractivity contribution is 7.80. The lowest BCUT2D eigenvalue weighted by Gasteiger charge is -2.25. The molecule has 0 bridgehead atoms. The number of likely N-dealkylation sites (N-methyl/N-ethyl adjacent to an activating group) is 1. The minimum absolute atomic E-state index is 0.163. The Morgan fingerprint density at radius 3 is 2.53 bits per heavy atom. The van der Waals surface area contributed by atoms with Crippen LogP contribution in [0.2, 0.25) is 0 Å². The van der Waals surface area contributed by atoms with Crippen LogP contribution in [-0.2, 0) is 4.79 Å². The fourth-order valence-electron chi connectivity index (χ4n) is 2.04. The lowest BCUT2D eigenvalue weighted by Crippen LogP contribution is -2.42. The number of thiocarbonyl (C=S) groups is 1. The average Bonchev–Trinajstić information content (AvgIpc) is 2.81. The molecule has 0 aromatic heterocycles. The Kier molecular flexibility index (Phi) is 5.85. The van der Waals surface area contributed by atoms with Gasteiger partial charge >= 0.3 is 0 Å². The van der Waals surface area contributed by atoms with E-state index in [1.165, 1.54) is 0 Å². The van der Waals surface area contributed by atoms with Gasteiger partial charge in [0.2, 0.25) is 5.91 Å². The van der Waals surface area contributed by atoms with E-state index < -0.39 is 0 Å². The fraction of sp³-hybridized carbons (Fsp3) is 0.833. The number of amides is 1. The first-order valence-corrected chi connectivity index (χ1v) is 6.74. The molecular weight excluding hydrogens is 234 g/mol. The molecule has 0 radical (unpaired) electrons. The molecule has 1 heterocycles. The van der Waals surface area contributed by atoms with Crippen molar-refractivity contribution in [3.8, 4) is 0 Å². The number of nitrogens with two attached hydrogens (primary N) is 1. The number of rotatable bonds is 6. The van der Waals surface area contributed by atoms with Crippen molar-refractivity contribution in [3.63, 3.8) is 0 Å². The third kappa shape index (κ3) is 4.60. The molecule has 1 aliphatic rings. The van der Waals surface area contributed by atoms with Crippen molar-refractivity contribution in [3.05, 3.63) is 0 Å². The van der Waals surface area contributed by atoms with Crippen LogP contribution in [0, 0.1) is 5.92 Å². The van der Waals surface area contributed by atoms with E-state index >= 15 is 0 Å². The highest BCUT2D eigenvalue weighted by Crippen LogP contribution is 2.09. The van der Waals surface area contributed by atoms with Crippen LogP contribution in [0.25, 0.3) is 0 Å². The largest absolute Gasteiger partial charge is 0.393 e. The monoisotopic (exact) mass is 257 g/mol. The summed E-state index contributed by atoms with van der Waals surface area (Å²) in [6.07, 6.45) is 2.28. The molecule has 1 unspecified atom stereocenters. The van der Waals surface area contributed by atoms with E-state index in [1.54, 1.807) is 0 Å². The quantitative estimate of drug-likeness (QED) is 0.717. The highest BCUT2D eigenvalue weighted by Gasteiger charge is 2.20. The second-order valence-corrected chi connectivity index (χ2v) is 5.19. The van der Waals surface area contributed by atoms with E-state index in [1.807, 2.05) is 11.8 Å². The van der Waals surface area contributed by atoms with Gasteiger partial charge in [-0.05, 0) is 19.4 Å². The van der Waals surface area contributed by atoms with E-state index in [9.17, 15) is 4.79 Å². The smallest absolute Gasteiger partial charge is 0.236 e. The zero-order valence-corrected chi connectivity index (χ0v) is 11.6. The zero-order valence-electron chi connectivity index (χ0n) is 10.8. The Morgan fingerprint density at radius 2 is 2.06 bits per heavy atom. The second-order valence-electron chi connectivity index (χ2n) is 4.72. The van der Waals surface area contributed by atoms with Crippen LogP contribution in [0.1, 0.15) is 26.7 Å². The number of likely N-dealkylation sites (tertiary alicyclic amines) is 1. The molecule has 0 spiro atoms. The van der Waals surface area contributed by atoms with Gasteiger partial charge in [-0.25, -0.2) is 0 Å². The van der Waals surface area contributed by atoms with Crippen LogP contribution in [0.4, 0.5) is 0 Å². The maximum Gasteiger partial charge on any atom is 0.236 e. The first-order valence-electron chi connectivity index (χ1n) is 6.34. The molecule has 0 aromatic carbocycles. The van der Waals surface area contributed by atoms with Crippen molar-refractivity contribution in [2.75, 3.05) is 32.7 Å². The number of carbonyl (C=O) groups excluding carboxylic acids is 1. The van der Waals surface area contributed by atoms with Crippen LogP contribution in [0.3, 0.4) is 0 Å². The minimum Gasteiger partial charge on any atom is -0.393 e. The van der Waals surface area contributed by atoms with Gasteiger partial charge < -0.3 is 10.6 Å². The standard InChI is InChI=1S/C12H23N3OS/c1-3-14(8-10(2)12(13)17)9-11(16)15-6-4-5-7-15/h10H,3-9H2,1-2H3,(H2,13,17). The van der Waals surface area contributed by atoms with Crippen molar-refractivity contribution in [1.29, 1.82) is 0 Å².